The summed E-state index contributed by atoms with van der Waals surface area (Å²) < 4.78 is 18.4. The minimum absolute atomic E-state index is 0.238. The van der Waals surface area contributed by atoms with Crippen molar-refractivity contribution in [1.82, 2.24) is 0 Å². The number of nitrogens with one attached hydrogen (secondary N) is 1. The molecule has 2 rings (SSSR count). The van der Waals surface area contributed by atoms with Crippen molar-refractivity contribution in [3.63, 3.8) is 0 Å². The number of benzene rings is 2. The zero-order valence-corrected chi connectivity index (χ0v) is 14.6. The van der Waals surface area contributed by atoms with Crippen molar-refractivity contribution in [2.75, 3.05) is 5.32 Å². The van der Waals surface area contributed by atoms with Crippen LogP contribution in [-0.2, 0) is 14.3 Å². The number of ether oxygens (including phenoxy) is 1. The Kier molecular flexibility index (Phi) is 6.56. The Bertz CT molecular complexity index is 824. The Morgan fingerprint density at radius 2 is 1.92 bits per heavy atom. The van der Waals surface area contributed by atoms with Gasteiger partial charge in [0, 0.05) is 16.7 Å². The Morgan fingerprint density at radius 1 is 1.20 bits per heavy atom. The number of hydrogen-bond acceptors (Lipinski definition) is 3. The molecule has 130 valence electrons. The molecule has 0 spiro atoms. The number of esters is 1. The van der Waals surface area contributed by atoms with E-state index in [0.29, 0.717) is 15.7 Å². The molecule has 0 saturated carbocycles. The largest absolute Gasteiger partial charge is 0.449 e. The van der Waals surface area contributed by atoms with Crippen molar-refractivity contribution in [3.8, 4) is 0 Å². The second kappa shape index (κ2) is 8.65. The molecular formula is C18H14Cl2FNO3. The normalized spacial score (nSPS) is 12.0. The SMILES string of the molecule is C[C@H](OC(=O)/C=C/c1ccccc1F)C(=O)Nc1cc(Cl)ccc1Cl. The van der Waals surface area contributed by atoms with Crippen LogP contribution in [0.2, 0.25) is 10.0 Å². The molecule has 0 heterocycles. The zero-order chi connectivity index (χ0) is 18.4. The molecule has 2 aromatic carbocycles. The maximum Gasteiger partial charge on any atom is 0.331 e. The van der Waals surface area contributed by atoms with Crippen LogP contribution in [0.5, 0.6) is 0 Å². The van der Waals surface area contributed by atoms with E-state index in [2.05, 4.69) is 5.32 Å². The first-order chi connectivity index (χ1) is 11.9. The summed E-state index contributed by atoms with van der Waals surface area (Å²) in [7, 11) is 0. The fourth-order valence-electron chi connectivity index (χ4n) is 1.86. The smallest absolute Gasteiger partial charge is 0.331 e. The molecule has 1 N–H and O–H groups in total. The number of hydrogen-bond donors (Lipinski definition) is 1. The first-order valence-electron chi connectivity index (χ1n) is 7.26. The van der Waals surface area contributed by atoms with Gasteiger partial charge in [0.1, 0.15) is 5.82 Å². The first kappa shape index (κ1) is 19.0. The molecular weight excluding hydrogens is 368 g/mol. The number of rotatable bonds is 5. The van der Waals surface area contributed by atoms with Gasteiger partial charge in [0.15, 0.2) is 6.10 Å². The van der Waals surface area contributed by atoms with Gasteiger partial charge in [-0.3, -0.25) is 4.79 Å². The van der Waals surface area contributed by atoms with Gasteiger partial charge in [0.05, 0.1) is 10.7 Å². The van der Waals surface area contributed by atoms with Crippen LogP contribution in [0.25, 0.3) is 6.08 Å². The summed E-state index contributed by atoms with van der Waals surface area (Å²) in [6.45, 7) is 1.41. The molecule has 0 unspecified atom stereocenters. The quantitative estimate of drug-likeness (QED) is 0.602. The van der Waals surface area contributed by atoms with Crippen LogP contribution in [-0.4, -0.2) is 18.0 Å². The molecule has 1 amide bonds. The number of halogens is 3. The molecule has 0 aromatic heterocycles. The zero-order valence-electron chi connectivity index (χ0n) is 13.1. The van der Waals surface area contributed by atoms with E-state index in [1.165, 1.54) is 37.3 Å². The van der Waals surface area contributed by atoms with Crippen LogP contribution >= 0.6 is 23.2 Å². The molecule has 4 nitrogen and oxygen atoms in total. The second-order valence-corrected chi connectivity index (χ2v) is 5.89. The Morgan fingerprint density at radius 3 is 2.64 bits per heavy atom. The lowest BCUT2D eigenvalue weighted by molar-refractivity contribution is -0.148. The molecule has 25 heavy (non-hydrogen) atoms. The maximum atomic E-state index is 13.5. The molecule has 0 aliphatic heterocycles. The van der Waals surface area contributed by atoms with Gasteiger partial charge < -0.3 is 10.1 Å². The van der Waals surface area contributed by atoms with Gasteiger partial charge in [-0.2, -0.15) is 0 Å². The Hall–Kier alpha value is -2.37. The van der Waals surface area contributed by atoms with Crippen LogP contribution in [0.4, 0.5) is 10.1 Å². The van der Waals surface area contributed by atoms with E-state index in [9.17, 15) is 14.0 Å². The number of carbonyl (C=O) groups excluding carboxylic acids is 2. The molecule has 0 radical (unpaired) electrons. The predicted molar refractivity (Wildman–Crippen MR) is 96.1 cm³/mol. The Labute approximate surface area is 154 Å². The molecule has 0 saturated heterocycles. The van der Waals surface area contributed by atoms with Crippen LogP contribution in [0, 0.1) is 5.82 Å². The van der Waals surface area contributed by atoms with Crippen molar-refractivity contribution < 1.29 is 18.7 Å². The van der Waals surface area contributed by atoms with Crippen molar-refractivity contribution >= 4 is 46.8 Å². The lowest BCUT2D eigenvalue weighted by Gasteiger charge is -2.13. The van der Waals surface area contributed by atoms with E-state index in [-0.39, 0.29) is 5.56 Å². The summed E-state index contributed by atoms with van der Waals surface area (Å²) in [6.07, 6.45) is 1.25. The third kappa shape index (κ3) is 5.59. The highest BCUT2D eigenvalue weighted by Gasteiger charge is 2.18. The van der Waals surface area contributed by atoms with Gasteiger partial charge in [-0.1, -0.05) is 41.4 Å². The van der Waals surface area contributed by atoms with Crippen LogP contribution in [0.3, 0.4) is 0 Å². The summed E-state index contributed by atoms with van der Waals surface area (Å²) >= 11 is 11.8. The lowest BCUT2D eigenvalue weighted by atomic mass is 10.2. The van der Waals surface area contributed by atoms with E-state index in [0.717, 1.165) is 6.08 Å². The molecule has 1 atom stereocenters. The molecule has 0 bridgehead atoms. The topological polar surface area (TPSA) is 55.4 Å². The number of amides is 1. The van der Waals surface area contributed by atoms with E-state index in [1.54, 1.807) is 18.2 Å². The lowest BCUT2D eigenvalue weighted by Crippen LogP contribution is -2.29. The summed E-state index contributed by atoms with van der Waals surface area (Å²) in [5.74, 6) is -1.81. The van der Waals surface area contributed by atoms with E-state index in [4.69, 9.17) is 27.9 Å². The molecule has 2 aromatic rings. The highest BCUT2D eigenvalue weighted by molar-refractivity contribution is 6.35. The van der Waals surface area contributed by atoms with E-state index < -0.39 is 23.8 Å². The minimum atomic E-state index is -1.08. The van der Waals surface area contributed by atoms with Crippen LogP contribution < -0.4 is 5.32 Å². The summed E-state index contributed by atoms with van der Waals surface area (Å²) in [5.41, 5.74) is 0.547. The van der Waals surface area contributed by atoms with Crippen LogP contribution in [0.1, 0.15) is 12.5 Å². The average molecular weight is 382 g/mol. The molecule has 7 heteroatoms. The van der Waals surface area contributed by atoms with Crippen molar-refractivity contribution in [1.29, 1.82) is 0 Å². The van der Waals surface area contributed by atoms with Crippen molar-refractivity contribution in [3.05, 3.63) is 70.0 Å². The van der Waals surface area contributed by atoms with Gasteiger partial charge in [-0.25, -0.2) is 9.18 Å². The highest BCUT2D eigenvalue weighted by Crippen LogP contribution is 2.25. The minimum Gasteiger partial charge on any atom is -0.449 e. The van der Waals surface area contributed by atoms with Gasteiger partial charge >= 0.3 is 5.97 Å². The van der Waals surface area contributed by atoms with Crippen LogP contribution in [0.15, 0.2) is 48.5 Å². The summed E-state index contributed by atoms with van der Waals surface area (Å²) in [4.78, 5) is 23.8. The van der Waals surface area contributed by atoms with Crippen molar-refractivity contribution in [2.45, 2.75) is 13.0 Å². The summed E-state index contributed by atoms with van der Waals surface area (Å²) in [5, 5.41) is 3.22. The third-order valence-electron chi connectivity index (χ3n) is 3.15. The molecule has 0 fully saturated rings. The summed E-state index contributed by atoms with van der Waals surface area (Å²) in [6, 6.07) is 10.6. The van der Waals surface area contributed by atoms with Crippen molar-refractivity contribution in [2.24, 2.45) is 0 Å². The maximum absolute atomic E-state index is 13.5. The number of carbonyl (C=O) groups is 2. The van der Waals surface area contributed by atoms with Gasteiger partial charge in [0.25, 0.3) is 5.91 Å². The fourth-order valence-corrected chi connectivity index (χ4v) is 2.20. The van der Waals surface area contributed by atoms with Gasteiger partial charge in [-0.15, -0.1) is 0 Å². The molecule has 0 aliphatic carbocycles. The van der Waals surface area contributed by atoms with E-state index in [1.807, 2.05) is 0 Å². The first-order valence-corrected chi connectivity index (χ1v) is 8.01. The Balaban J connectivity index is 1.95. The monoisotopic (exact) mass is 381 g/mol. The third-order valence-corrected chi connectivity index (χ3v) is 3.72. The second-order valence-electron chi connectivity index (χ2n) is 5.05. The van der Waals surface area contributed by atoms with Gasteiger partial charge in [-0.05, 0) is 37.3 Å². The van der Waals surface area contributed by atoms with E-state index >= 15 is 0 Å². The van der Waals surface area contributed by atoms with Gasteiger partial charge in [0.2, 0.25) is 0 Å². The predicted octanol–water partition coefficient (Wildman–Crippen LogP) is 4.72. The fraction of sp³-hybridized carbons (Fsp3) is 0.111. The number of anilines is 1. The highest BCUT2D eigenvalue weighted by atomic mass is 35.5. The molecule has 0 aliphatic rings. The average Bonchev–Trinajstić information content (AvgIpc) is 2.57. The standard InChI is InChI=1S/C18H14Cl2FNO3/c1-11(18(24)22-16-10-13(19)7-8-14(16)20)25-17(23)9-6-12-4-2-3-5-15(12)21/h2-11H,1H3,(H,22,24)/b9-6+/t11-/m0/s1.